The van der Waals surface area contributed by atoms with Crippen molar-refractivity contribution in [3.63, 3.8) is 0 Å². The lowest BCUT2D eigenvalue weighted by Crippen LogP contribution is -2.33. The van der Waals surface area contributed by atoms with Gasteiger partial charge < -0.3 is 5.32 Å². The third kappa shape index (κ3) is 3.39. The highest BCUT2D eigenvalue weighted by atomic mass is 14.9. The molecule has 0 bridgehead atoms. The lowest BCUT2D eigenvalue weighted by molar-refractivity contribution is 0.259. The summed E-state index contributed by atoms with van der Waals surface area (Å²) in [5.74, 6) is 0. The fraction of sp³-hybridized carbons (Fsp3) is 0.667. The summed E-state index contributed by atoms with van der Waals surface area (Å²) in [5, 5.41) is 3.78. The molecule has 1 aromatic carbocycles. The molecule has 106 valence electrons. The molecular formula is C18H29N. The fourth-order valence-corrected chi connectivity index (χ4v) is 3.30. The maximum absolute atomic E-state index is 3.78. The van der Waals surface area contributed by atoms with Crippen molar-refractivity contribution in [1.29, 1.82) is 0 Å². The van der Waals surface area contributed by atoms with Crippen molar-refractivity contribution in [2.75, 3.05) is 6.54 Å². The number of rotatable bonds is 5. The van der Waals surface area contributed by atoms with E-state index >= 15 is 0 Å². The van der Waals surface area contributed by atoms with Crippen molar-refractivity contribution in [2.24, 2.45) is 5.41 Å². The Bertz CT molecular complexity index is 416. The van der Waals surface area contributed by atoms with Crippen LogP contribution in [0.15, 0.2) is 18.2 Å². The maximum atomic E-state index is 3.78. The summed E-state index contributed by atoms with van der Waals surface area (Å²) in [5.41, 5.74) is 4.79. The van der Waals surface area contributed by atoms with Crippen LogP contribution in [0.3, 0.4) is 0 Å². The second kappa shape index (κ2) is 6.09. The van der Waals surface area contributed by atoms with Gasteiger partial charge in [-0.05, 0) is 62.1 Å². The number of nitrogens with one attached hydrogen (secondary N) is 1. The van der Waals surface area contributed by atoms with Crippen molar-refractivity contribution in [3.8, 4) is 0 Å². The molecule has 2 rings (SSSR count). The van der Waals surface area contributed by atoms with Crippen LogP contribution in [0, 0.1) is 19.3 Å². The zero-order chi connectivity index (χ0) is 13.9. The van der Waals surface area contributed by atoms with Gasteiger partial charge in [-0.15, -0.1) is 0 Å². The highest BCUT2D eigenvalue weighted by Crippen LogP contribution is 2.40. The quantitative estimate of drug-likeness (QED) is 0.791. The van der Waals surface area contributed by atoms with E-state index in [1.165, 1.54) is 55.3 Å². The smallest absolute Gasteiger partial charge is 0.0292 e. The van der Waals surface area contributed by atoms with Gasteiger partial charge in [-0.3, -0.25) is 0 Å². The first-order valence-electron chi connectivity index (χ1n) is 7.87. The summed E-state index contributed by atoms with van der Waals surface area (Å²) < 4.78 is 0. The first-order valence-corrected chi connectivity index (χ1v) is 7.87. The Kier molecular flexibility index (Phi) is 4.67. The predicted octanol–water partition coefficient (Wildman–Crippen LogP) is 4.92. The number of benzene rings is 1. The average Bonchev–Trinajstić information content (AvgIpc) is 2.89. The minimum absolute atomic E-state index is 0.461. The lowest BCUT2D eigenvalue weighted by atomic mass is 9.83. The minimum atomic E-state index is 0.461. The molecule has 1 N–H and O–H groups in total. The summed E-state index contributed by atoms with van der Waals surface area (Å²) in [6.45, 7) is 10.2. The molecule has 1 aliphatic rings. The molecule has 1 aliphatic carbocycles. The topological polar surface area (TPSA) is 12.0 Å². The van der Waals surface area contributed by atoms with Gasteiger partial charge in [-0.25, -0.2) is 0 Å². The van der Waals surface area contributed by atoms with Crippen LogP contribution >= 0.6 is 0 Å². The van der Waals surface area contributed by atoms with Crippen LogP contribution in [0.4, 0.5) is 0 Å². The number of hydrogen-bond donors (Lipinski definition) is 1. The molecule has 1 nitrogen and oxygen atoms in total. The molecule has 1 saturated carbocycles. The zero-order valence-electron chi connectivity index (χ0n) is 13.1. The van der Waals surface area contributed by atoms with E-state index in [1.54, 1.807) is 0 Å². The van der Waals surface area contributed by atoms with Crippen LogP contribution in [0.5, 0.6) is 0 Å². The van der Waals surface area contributed by atoms with Crippen LogP contribution in [-0.4, -0.2) is 6.54 Å². The van der Waals surface area contributed by atoms with Gasteiger partial charge in [0, 0.05) is 12.6 Å². The summed E-state index contributed by atoms with van der Waals surface area (Å²) in [4.78, 5) is 0. The SMILES string of the molecule is CCC1(CNC(C)c2ccc(C)c(C)c2)CCCC1. The van der Waals surface area contributed by atoms with E-state index in [0.29, 0.717) is 11.5 Å². The molecule has 1 fully saturated rings. The van der Waals surface area contributed by atoms with Gasteiger partial charge in [-0.2, -0.15) is 0 Å². The summed E-state index contributed by atoms with van der Waals surface area (Å²) >= 11 is 0. The Hall–Kier alpha value is -0.820. The van der Waals surface area contributed by atoms with Crippen LogP contribution in [-0.2, 0) is 0 Å². The van der Waals surface area contributed by atoms with E-state index in [1.807, 2.05) is 0 Å². The minimum Gasteiger partial charge on any atom is -0.310 e. The summed E-state index contributed by atoms with van der Waals surface area (Å²) in [7, 11) is 0. The van der Waals surface area contributed by atoms with E-state index < -0.39 is 0 Å². The summed E-state index contributed by atoms with van der Waals surface area (Å²) in [6.07, 6.45) is 6.99. The van der Waals surface area contributed by atoms with Gasteiger partial charge in [0.05, 0.1) is 0 Å². The Labute approximate surface area is 118 Å². The van der Waals surface area contributed by atoms with Crippen molar-refractivity contribution < 1.29 is 0 Å². The Morgan fingerprint density at radius 2 is 1.84 bits per heavy atom. The van der Waals surface area contributed by atoms with Crippen LogP contribution in [0.25, 0.3) is 0 Å². The first kappa shape index (κ1) is 14.6. The van der Waals surface area contributed by atoms with Gasteiger partial charge in [0.15, 0.2) is 0 Å². The van der Waals surface area contributed by atoms with Crippen LogP contribution in [0.1, 0.15) is 68.7 Å². The number of hydrogen-bond acceptors (Lipinski definition) is 1. The van der Waals surface area contributed by atoms with Gasteiger partial charge in [0.2, 0.25) is 0 Å². The molecule has 0 amide bonds. The van der Waals surface area contributed by atoms with E-state index in [-0.39, 0.29) is 0 Å². The van der Waals surface area contributed by atoms with Crippen LogP contribution in [0.2, 0.25) is 0 Å². The highest BCUT2D eigenvalue weighted by Gasteiger charge is 2.31. The molecule has 0 aromatic heterocycles. The molecule has 1 aromatic rings. The molecular weight excluding hydrogens is 230 g/mol. The van der Waals surface area contributed by atoms with Crippen molar-refractivity contribution in [1.82, 2.24) is 5.32 Å². The standard InChI is InChI=1S/C18H29N/c1-5-18(10-6-7-11-18)13-19-16(4)17-9-8-14(2)15(3)12-17/h8-9,12,16,19H,5-7,10-11,13H2,1-4H3. The normalized spacial score (nSPS) is 19.6. The zero-order valence-corrected chi connectivity index (χ0v) is 13.1. The Balaban J connectivity index is 1.96. The van der Waals surface area contributed by atoms with E-state index in [0.717, 1.165) is 0 Å². The van der Waals surface area contributed by atoms with Crippen molar-refractivity contribution in [3.05, 3.63) is 34.9 Å². The van der Waals surface area contributed by atoms with Gasteiger partial charge in [-0.1, -0.05) is 38.0 Å². The maximum Gasteiger partial charge on any atom is 0.0292 e. The Morgan fingerprint density at radius 3 is 2.42 bits per heavy atom. The molecule has 0 radical (unpaired) electrons. The summed E-state index contributed by atoms with van der Waals surface area (Å²) in [6, 6.07) is 7.31. The molecule has 1 heteroatoms. The molecule has 19 heavy (non-hydrogen) atoms. The first-order chi connectivity index (χ1) is 9.06. The van der Waals surface area contributed by atoms with E-state index in [2.05, 4.69) is 51.2 Å². The van der Waals surface area contributed by atoms with Gasteiger partial charge in [0.1, 0.15) is 0 Å². The lowest BCUT2D eigenvalue weighted by Gasteiger charge is -2.30. The highest BCUT2D eigenvalue weighted by molar-refractivity contribution is 5.31. The van der Waals surface area contributed by atoms with Crippen LogP contribution < -0.4 is 5.32 Å². The largest absolute Gasteiger partial charge is 0.310 e. The molecule has 0 heterocycles. The Morgan fingerprint density at radius 1 is 1.16 bits per heavy atom. The van der Waals surface area contributed by atoms with E-state index in [9.17, 15) is 0 Å². The second-order valence-corrected chi connectivity index (χ2v) is 6.51. The monoisotopic (exact) mass is 259 g/mol. The van der Waals surface area contributed by atoms with Crippen molar-refractivity contribution in [2.45, 2.75) is 65.8 Å². The molecule has 0 aliphatic heterocycles. The van der Waals surface area contributed by atoms with Crippen molar-refractivity contribution >= 4 is 0 Å². The van der Waals surface area contributed by atoms with Gasteiger partial charge in [0.25, 0.3) is 0 Å². The molecule has 0 saturated heterocycles. The van der Waals surface area contributed by atoms with Gasteiger partial charge >= 0.3 is 0 Å². The second-order valence-electron chi connectivity index (χ2n) is 6.51. The third-order valence-corrected chi connectivity index (χ3v) is 5.23. The molecule has 0 spiro atoms. The third-order valence-electron chi connectivity index (χ3n) is 5.23. The fourth-order valence-electron chi connectivity index (χ4n) is 3.30. The molecule has 1 atom stereocenters. The van der Waals surface area contributed by atoms with E-state index in [4.69, 9.17) is 0 Å². The number of aryl methyl sites for hydroxylation is 2. The predicted molar refractivity (Wildman–Crippen MR) is 83.5 cm³/mol. The molecule has 1 unspecified atom stereocenters. The average molecular weight is 259 g/mol.